The Morgan fingerprint density at radius 3 is 2.53 bits per heavy atom. The number of aliphatic hydroxyl groups excluding tert-OH is 1. The minimum Gasteiger partial charge on any atom is -0.394 e. The van der Waals surface area contributed by atoms with Crippen molar-refractivity contribution in [3.63, 3.8) is 0 Å². The van der Waals surface area contributed by atoms with Gasteiger partial charge in [-0.2, -0.15) is 5.10 Å². The molecule has 1 aromatic carbocycles. The summed E-state index contributed by atoms with van der Waals surface area (Å²) in [5, 5.41) is 17.0. The van der Waals surface area contributed by atoms with Crippen LogP contribution in [0.5, 0.6) is 0 Å². The van der Waals surface area contributed by atoms with Crippen LogP contribution in [-0.2, 0) is 17.6 Å². The summed E-state index contributed by atoms with van der Waals surface area (Å²) >= 11 is 0. The van der Waals surface area contributed by atoms with Crippen molar-refractivity contribution in [1.29, 1.82) is 0 Å². The van der Waals surface area contributed by atoms with Gasteiger partial charge in [0.1, 0.15) is 6.04 Å². The largest absolute Gasteiger partial charge is 0.394 e. The molecule has 0 saturated carbocycles. The molecule has 3 heterocycles. The summed E-state index contributed by atoms with van der Waals surface area (Å²) in [6.45, 7) is 9.99. The van der Waals surface area contributed by atoms with Crippen LogP contribution < -0.4 is 5.32 Å². The molecule has 36 heavy (non-hydrogen) atoms. The summed E-state index contributed by atoms with van der Waals surface area (Å²) in [4.78, 5) is 21.3. The molecule has 0 unspecified atom stereocenters. The van der Waals surface area contributed by atoms with Crippen molar-refractivity contribution in [1.82, 2.24) is 29.7 Å². The first-order valence-corrected chi connectivity index (χ1v) is 12.8. The zero-order valence-electron chi connectivity index (χ0n) is 21.9. The number of aryl methyl sites for hydroxylation is 3. The number of hydrogen-bond acceptors (Lipinski definition) is 6. The maximum Gasteiger partial charge on any atom is 0.242 e. The van der Waals surface area contributed by atoms with Crippen molar-refractivity contribution in [2.24, 2.45) is 0 Å². The molecule has 192 valence electrons. The Bertz CT molecular complexity index is 1200. The molecule has 1 atom stereocenters. The van der Waals surface area contributed by atoms with Gasteiger partial charge in [-0.15, -0.1) is 0 Å². The number of aliphatic hydroxyl groups is 1. The van der Waals surface area contributed by atoms with Crippen molar-refractivity contribution in [2.45, 2.75) is 39.7 Å². The molecule has 8 heteroatoms. The number of benzene rings is 1. The lowest BCUT2D eigenvalue weighted by molar-refractivity contribution is -0.136. The molecule has 1 aliphatic rings. The smallest absolute Gasteiger partial charge is 0.242 e. The Labute approximate surface area is 213 Å². The molecule has 2 N–H and O–H groups in total. The van der Waals surface area contributed by atoms with E-state index in [0.717, 1.165) is 55.2 Å². The Morgan fingerprint density at radius 1 is 1.17 bits per heavy atom. The van der Waals surface area contributed by atoms with E-state index in [4.69, 9.17) is 10.1 Å². The molecule has 0 radical (unpaired) electrons. The highest BCUT2D eigenvalue weighted by Crippen LogP contribution is 2.21. The Kier molecular flexibility index (Phi) is 8.51. The van der Waals surface area contributed by atoms with Gasteiger partial charge in [0, 0.05) is 56.1 Å². The van der Waals surface area contributed by atoms with Crippen LogP contribution in [0, 0.1) is 13.8 Å². The van der Waals surface area contributed by atoms with Crippen LogP contribution in [0.1, 0.15) is 40.7 Å². The lowest BCUT2D eigenvalue weighted by atomic mass is 10.0. The van der Waals surface area contributed by atoms with E-state index in [2.05, 4.69) is 66.5 Å². The van der Waals surface area contributed by atoms with E-state index >= 15 is 0 Å². The van der Waals surface area contributed by atoms with Crippen LogP contribution in [0.25, 0.3) is 11.7 Å². The molecule has 0 spiro atoms. The van der Waals surface area contributed by atoms with Crippen molar-refractivity contribution in [3.05, 3.63) is 70.2 Å². The van der Waals surface area contributed by atoms with Gasteiger partial charge in [0.25, 0.3) is 0 Å². The van der Waals surface area contributed by atoms with E-state index in [-0.39, 0.29) is 12.5 Å². The molecule has 1 aliphatic heterocycles. The molecular weight excluding hydrogens is 452 g/mol. The van der Waals surface area contributed by atoms with E-state index in [1.807, 2.05) is 16.3 Å². The van der Waals surface area contributed by atoms with Crippen molar-refractivity contribution >= 4 is 17.6 Å². The fraction of sp³-hybridized carbons (Fsp3) is 0.464. The second-order valence-corrected chi connectivity index (χ2v) is 9.52. The average Bonchev–Trinajstić information content (AvgIpc) is 3.23. The van der Waals surface area contributed by atoms with Crippen LogP contribution >= 0.6 is 0 Å². The van der Waals surface area contributed by atoms with Gasteiger partial charge in [0.2, 0.25) is 5.91 Å². The maximum atomic E-state index is 12.4. The number of piperazine rings is 1. The number of carbonyl (C=O) groups excluding carboxylic acids is 1. The first kappa shape index (κ1) is 26.0. The highest BCUT2D eigenvalue weighted by Gasteiger charge is 2.25. The number of hydrogen-bond donors (Lipinski definition) is 2. The number of amides is 1. The molecular formula is C28H38N6O2. The standard InChI is InChI=1S/C28H38N6O2/c1-5-25-24(27-30-20(2)17-21(3)34(27)31-25)18-23-10-8-22(9-11-23)7-6-12-32-13-15-33(16-14-32)28(36)26(19-35)29-4/h6-11,17,26,29,35H,5,12-16,18-19H2,1-4H3/t26-/m0/s1. The van der Waals surface area contributed by atoms with Gasteiger partial charge in [0.05, 0.1) is 12.3 Å². The van der Waals surface area contributed by atoms with Crippen LogP contribution in [0.4, 0.5) is 0 Å². The predicted octanol–water partition coefficient (Wildman–Crippen LogP) is 2.24. The molecule has 1 saturated heterocycles. The molecule has 2 aromatic heterocycles. The number of likely N-dealkylation sites (N-methyl/N-ethyl adjacent to an activating group) is 1. The average molecular weight is 491 g/mol. The summed E-state index contributed by atoms with van der Waals surface area (Å²) in [5.74, 6) is -0.0217. The topological polar surface area (TPSA) is 86.0 Å². The zero-order chi connectivity index (χ0) is 25.7. The molecule has 8 nitrogen and oxygen atoms in total. The molecule has 1 amide bonds. The summed E-state index contributed by atoms with van der Waals surface area (Å²) in [7, 11) is 1.70. The van der Waals surface area contributed by atoms with Crippen molar-refractivity contribution in [2.75, 3.05) is 46.4 Å². The van der Waals surface area contributed by atoms with Crippen LogP contribution in [0.15, 0.2) is 36.4 Å². The summed E-state index contributed by atoms with van der Waals surface area (Å²) < 4.78 is 1.97. The van der Waals surface area contributed by atoms with Gasteiger partial charge in [-0.25, -0.2) is 9.50 Å². The van der Waals surface area contributed by atoms with Gasteiger partial charge in [-0.3, -0.25) is 9.69 Å². The third-order valence-corrected chi connectivity index (χ3v) is 6.96. The van der Waals surface area contributed by atoms with Gasteiger partial charge < -0.3 is 15.3 Å². The monoisotopic (exact) mass is 490 g/mol. The number of aromatic nitrogens is 3. The van der Waals surface area contributed by atoms with Gasteiger partial charge >= 0.3 is 0 Å². The van der Waals surface area contributed by atoms with Gasteiger partial charge in [0.15, 0.2) is 5.65 Å². The van der Waals surface area contributed by atoms with Crippen molar-refractivity contribution < 1.29 is 9.90 Å². The van der Waals surface area contributed by atoms with E-state index in [1.165, 1.54) is 16.7 Å². The second kappa shape index (κ2) is 11.8. The predicted molar refractivity (Wildman–Crippen MR) is 143 cm³/mol. The van der Waals surface area contributed by atoms with Gasteiger partial charge in [-0.05, 0) is 44.5 Å². The van der Waals surface area contributed by atoms with E-state index < -0.39 is 6.04 Å². The summed E-state index contributed by atoms with van der Waals surface area (Å²) in [6, 6.07) is 10.3. The fourth-order valence-corrected chi connectivity index (χ4v) is 4.83. The van der Waals surface area contributed by atoms with Gasteiger partial charge in [-0.1, -0.05) is 43.3 Å². The number of nitrogens with one attached hydrogen (secondary N) is 1. The number of fused-ring (bicyclic) bond motifs is 1. The molecule has 4 rings (SSSR count). The Balaban J connectivity index is 1.33. The Hall–Kier alpha value is -3.07. The highest BCUT2D eigenvalue weighted by atomic mass is 16.3. The van der Waals surface area contributed by atoms with E-state index in [0.29, 0.717) is 13.1 Å². The third kappa shape index (κ3) is 5.83. The lowest BCUT2D eigenvalue weighted by Gasteiger charge is -2.35. The molecule has 3 aromatic rings. The molecule has 0 aliphatic carbocycles. The Morgan fingerprint density at radius 2 is 1.89 bits per heavy atom. The van der Waals surface area contributed by atoms with Crippen LogP contribution in [0.3, 0.4) is 0 Å². The minimum absolute atomic E-state index is 0.0217. The summed E-state index contributed by atoms with van der Waals surface area (Å²) in [5.41, 5.74) is 7.84. The highest BCUT2D eigenvalue weighted by molar-refractivity contribution is 5.82. The summed E-state index contributed by atoms with van der Waals surface area (Å²) in [6.07, 6.45) is 6.05. The fourth-order valence-electron chi connectivity index (χ4n) is 4.83. The van der Waals surface area contributed by atoms with E-state index in [9.17, 15) is 9.90 Å². The second-order valence-electron chi connectivity index (χ2n) is 9.52. The van der Waals surface area contributed by atoms with Crippen molar-refractivity contribution in [3.8, 4) is 0 Å². The third-order valence-electron chi connectivity index (χ3n) is 6.96. The normalized spacial score (nSPS) is 15.8. The molecule has 1 fully saturated rings. The molecule has 0 bridgehead atoms. The number of rotatable bonds is 9. The van der Waals surface area contributed by atoms with Crippen LogP contribution in [0.2, 0.25) is 0 Å². The van der Waals surface area contributed by atoms with Crippen LogP contribution in [-0.4, -0.2) is 87.8 Å². The SMILES string of the molecule is CCc1nn2c(C)cc(C)nc2c1Cc1ccc(C=CCN2CCN(C(=O)[C@H](CO)NC)CC2)cc1. The van der Waals surface area contributed by atoms with E-state index in [1.54, 1.807) is 7.05 Å². The number of nitrogens with zero attached hydrogens (tertiary/aromatic N) is 5. The zero-order valence-corrected chi connectivity index (χ0v) is 21.9. The lowest BCUT2D eigenvalue weighted by Crippen LogP contribution is -2.54. The quantitative estimate of drug-likeness (QED) is 0.479. The maximum absolute atomic E-state index is 12.4. The number of carbonyl (C=O) groups is 1. The minimum atomic E-state index is -0.509. The first-order chi connectivity index (χ1) is 17.4. The first-order valence-electron chi connectivity index (χ1n) is 12.8.